The first-order valence-corrected chi connectivity index (χ1v) is 10.7. The number of ether oxygens (including phenoxy) is 1. The number of aryl methyl sites for hydroxylation is 2. The van der Waals surface area contributed by atoms with Crippen molar-refractivity contribution in [2.24, 2.45) is 0 Å². The molecule has 0 bridgehead atoms. The Morgan fingerprint density at radius 2 is 1.55 bits per heavy atom. The van der Waals surface area contributed by atoms with Gasteiger partial charge in [-0.25, -0.2) is 4.90 Å². The van der Waals surface area contributed by atoms with E-state index in [2.05, 4.69) is 5.32 Å². The minimum Gasteiger partial charge on any atom is -0.496 e. The molecule has 0 saturated heterocycles. The Balaban J connectivity index is 1.83. The number of nitrogens with zero attached hydrogens (tertiary/aromatic N) is 2. The van der Waals surface area contributed by atoms with Crippen LogP contribution in [0.2, 0.25) is 0 Å². The average molecular weight is 442 g/mol. The van der Waals surface area contributed by atoms with Gasteiger partial charge in [0.05, 0.1) is 18.4 Å². The molecule has 0 spiro atoms. The lowest BCUT2D eigenvalue weighted by Crippen LogP contribution is -2.32. The molecule has 0 aliphatic carbocycles. The van der Waals surface area contributed by atoms with Crippen molar-refractivity contribution in [3.63, 3.8) is 0 Å². The summed E-state index contributed by atoms with van der Waals surface area (Å²) in [5.41, 5.74) is 5.55. The zero-order chi connectivity index (χ0) is 23.7. The number of imide groups is 1. The van der Waals surface area contributed by atoms with Crippen LogP contribution in [0.1, 0.15) is 16.7 Å². The van der Waals surface area contributed by atoms with E-state index in [-0.39, 0.29) is 11.3 Å². The minimum absolute atomic E-state index is 0.226. The van der Waals surface area contributed by atoms with Gasteiger partial charge in [-0.1, -0.05) is 24.3 Å². The molecule has 4 rings (SSSR count). The van der Waals surface area contributed by atoms with E-state index in [4.69, 9.17) is 4.74 Å². The summed E-state index contributed by atoms with van der Waals surface area (Å²) < 4.78 is 5.51. The summed E-state index contributed by atoms with van der Waals surface area (Å²) >= 11 is 0. The van der Waals surface area contributed by atoms with Crippen molar-refractivity contribution in [2.75, 3.05) is 36.3 Å². The molecule has 0 radical (unpaired) electrons. The topological polar surface area (TPSA) is 61.9 Å². The van der Waals surface area contributed by atoms with E-state index in [0.717, 1.165) is 22.5 Å². The number of methoxy groups -OCH3 is 1. The van der Waals surface area contributed by atoms with Crippen molar-refractivity contribution in [2.45, 2.75) is 13.8 Å². The number of anilines is 3. The van der Waals surface area contributed by atoms with Crippen molar-refractivity contribution in [3.8, 4) is 5.75 Å². The van der Waals surface area contributed by atoms with Crippen LogP contribution in [0.3, 0.4) is 0 Å². The van der Waals surface area contributed by atoms with Gasteiger partial charge in [0.2, 0.25) is 0 Å². The third-order valence-corrected chi connectivity index (χ3v) is 5.86. The van der Waals surface area contributed by atoms with Gasteiger partial charge in [-0.3, -0.25) is 9.59 Å². The third-order valence-electron chi connectivity index (χ3n) is 5.86. The lowest BCUT2D eigenvalue weighted by Gasteiger charge is -2.18. The first-order valence-electron chi connectivity index (χ1n) is 10.7. The molecule has 0 fully saturated rings. The van der Waals surface area contributed by atoms with Gasteiger partial charge in [0.25, 0.3) is 11.8 Å². The second-order valence-electron chi connectivity index (χ2n) is 8.23. The second kappa shape index (κ2) is 8.82. The van der Waals surface area contributed by atoms with E-state index in [1.807, 2.05) is 75.3 Å². The van der Waals surface area contributed by atoms with Crippen LogP contribution in [0.5, 0.6) is 5.75 Å². The molecule has 1 aliphatic heterocycles. The lowest BCUT2D eigenvalue weighted by atomic mass is 10.0. The molecule has 1 heterocycles. The maximum atomic E-state index is 13.7. The number of nitrogens with one attached hydrogen (secondary N) is 1. The highest BCUT2D eigenvalue weighted by Gasteiger charge is 2.41. The van der Waals surface area contributed by atoms with Gasteiger partial charge in [0.15, 0.2) is 0 Å². The number of benzene rings is 3. The fourth-order valence-corrected chi connectivity index (χ4v) is 3.84. The number of rotatable bonds is 6. The van der Waals surface area contributed by atoms with Crippen LogP contribution in [0.25, 0.3) is 5.57 Å². The van der Waals surface area contributed by atoms with Gasteiger partial charge in [-0.2, -0.15) is 0 Å². The maximum Gasteiger partial charge on any atom is 0.282 e. The Kier molecular flexibility index (Phi) is 5.92. The van der Waals surface area contributed by atoms with Crippen molar-refractivity contribution >= 4 is 34.4 Å². The summed E-state index contributed by atoms with van der Waals surface area (Å²) in [7, 11) is 5.43. The van der Waals surface area contributed by atoms with Gasteiger partial charge in [0, 0.05) is 31.0 Å². The molecule has 168 valence electrons. The predicted octanol–water partition coefficient (Wildman–Crippen LogP) is 4.77. The number of hydrogen-bond acceptors (Lipinski definition) is 5. The van der Waals surface area contributed by atoms with Crippen LogP contribution in [0, 0.1) is 13.8 Å². The summed E-state index contributed by atoms with van der Waals surface area (Å²) in [5.74, 6) is -0.275. The van der Waals surface area contributed by atoms with Gasteiger partial charge >= 0.3 is 0 Å². The third kappa shape index (κ3) is 4.07. The number of para-hydroxylation sites is 1. The number of amides is 2. The summed E-state index contributed by atoms with van der Waals surface area (Å²) in [5, 5.41) is 3.22. The summed E-state index contributed by atoms with van der Waals surface area (Å²) in [6.07, 6.45) is 0. The molecular weight excluding hydrogens is 414 g/mol. The lowest BCUT2D eigenvalue weighted by molar-refractivity contribution is -0.120. The van der Waals surface area contributed by atoms with Gasteiger partial charge in [-0.05, 0) is 67.4 Å². The van der Waals surface area contributed by atoms with Crippen LogP contribution in [-0.4, -0.2) is 33.0 Å². The van der Waals surface area contributed by atoms with E-state index in [1.54, 1.807) is 31.4 Å². The Morgan fingerprint density at radius 3 is 2.18 bits per heavy atom. The van der Waals surface area contributed by atoms with Crippen molar-refractivity contribution in [1.82, 2.24) is 0 Å². The summed E-state index contributed by atoms with van der Waals surface area (Å²) in [6, 6.07) is 20.4. The maximum absolute atomic E-state index is 13.7. The molecule has 0 unspecified atom stereocenters. The van der Waals surface area contributed by atoms with E-state index < -0.39 is 11.8 Å². The molecule has 6 nitrogen and oxygen atoms in total. The van der Waals surface area contributed by atoms with Crippen LogP contribution < -0.4 is 19.9 Å². The highest BCUT2D eigenvalue weighted by Crippen LogP contribution is 2.37. The molecule has 0 aromatic heterocycles. The zero-order valence-corrected chi connectivity index (χ0v) is 19.5. The van der Waals surface area contributed by atoms with Crippen LogP contribution in [0.15, 0.2) is 72.4 Å². The molecule has 3 aromatic rings. The Bertz CT molecular complexity index is 1260. The molecule has 1 N–H and O–H groups in total. The van der Waals surface area contributed by atoms with Crippen molar-refractivity contribution < 1.29 is 14.3 Å². The molecule has 1 aliphatic rings. The second-order valence-corrected chi connectivity index (χ2v) is 8.23. The highest BCUT2D eigenvalue weighted by atomic mass is 16.5. The molecular formula is C27H27N3O3. The van der Waals surface area contributed by atoms with Crippen molar-refractivity contribution in [1.29, 1.82) is 0 Å². The molecule has 2 amide bonds. The van der Waals surface area contributed by atoms with Gasteiger partial charge < -0.3 is 15.0 Å². The SMILES string of the molecule is COc1ccccc1C1=C(Nc2ccc(C)c(C)c2)C(=O)N(c2ccc(N(C)C)cc2)C1=O. The van der Waals surface area contributed by atoms with Crippen LogP contribution in [0.4, 0.5) is 17.1 Å². The summed E-state index contributed by atoms with van der Waals surface area (Å²) in [4.78, 5) is 30.4. The van der Waals surface area contributed by atoms with Crippen molar-refractivity contribution in [3.05, 3.63) is 89.1 Å². The Hall–Kier alpha value is -4.06. The highest BCUT2D eigenvalue weighted by molar-refractivity contribution is 6.46. The number of hydrogen-bond donors (Lipinski definition) is 1. The molecule has 6 heteroatoms. The fourth-order valence-electron chi connectivity index (χ4n) is 3.84. The van der Waals surface area contributed by atoms with Crippen LogP contribution >= 0.6 is 0 Å². The first-order chi connectivity index (χ1) is 15.8. The average Bonchev–Trinajstić information content (AvgIpc) is 3.05. The minimum atomic E-state index is -0.406. The molecule has 33 heavy (non-hydrogen) atoms. The van der Waals surface area contributed by atoms with Gasteiger partial charge in [-0.15, -0.1) is 0 Å². The predicted molar refractivity (Wildman–Crippen MR) is 133 cm³/mol. The van der Waals surface area contributed by atoms with Crippen LogP contribution in [-0.2, 0) is 9.59 Å². The quantitative estimate of drug-likeness (QED) is 0.558. The largest absolute Gasteiger partial charge is 0.496 e. The molecule has 0 saturated carbocycles. The van der Waals surface area contributed by atoms with Gasteiger partial charge in [0.1, 0.15) is 11.4 Å². The standard InChI is InChI=1S/C27H27N3O3/c1-17-10-11-19(16-18(17)2)28-25-24(22-8-6-7-9-23(22)33-5)26(31)30(27(25)32)21-14-12-20(13-15-21)29(3)4/h6-16,28H,1-5H3. The Labute approximate surface area is 194 Å². The first kappa shape index (κ1) is 22.1. The van der Waals surface area contributed by atoms with E-state index in [9.17, 15) is 9.59 Å². The number of carbonyl (C=O) groups excluding carboxylic acids is 2. The molecule has 0 atom stereocenters. The van der Waals surface area contributed by atoms with E-state index in [1.165, 1.54) is 4.90 Å². The zero-order valence-electron chi connectivity index (χ0n) is 19.5. The monoisotopic (exact) mass is 441 g/mol. The number of carbonyl (C=O) groups is 2. The molecule has 3 aromatic carbocycles. The summed E-state index contributed by atoms with van der Waals surface area (Å²) in [6.45, 7) is 4.04. The normalized spacial score (nSPS) is 13.5. The van der Waals surface area contributed by atoms with E-state index in [0.29, 0.717) is 17.0 Å². The fraction of sp³-hybridized carbons (Fsp3) is 0.185. The van der Waals surface area contributed by atoms with E-state index >= 15 is 0 Å². The Morgan fingerprint density at radius 1 is 0.848 bits per heavy atom. The smallest absolute Gasteiger partial charge is 0.282 e.